The average molecular weight is 181 g/mol. The van der Waals surface area contributed by atoms with Crippen LogP contribution in [-0.4, -0.2) is 7.11 Å². The lowest BCUT2D eigenvalue weighted by atomic mass is 10.1. The fraction of sp³-hybridized carbons (Fsp3) is 0.400. The first-order chi connectivity index (χ1) is 6.20. The predicted octanol–water partition coefficient (Wildman–Crippen LogP) is 1.95. The van der Waals surface area contributed by atoms with Gasteiger partial charge in [-0.05, 0) is 19.4 Å². The smallest absolute Gasteiger partial charge is 0.127 e. The second-order valence-electron chi connectivity index (χ2n) is 2.98. The molecule has 0 aliphatic rings. The lowest BCUT2D eigenvalue weighted by molar-refractivity contribution is 0.0645. The number of rotatable bonds is 3. The van der Waals surface area contributed by atoms with E-state index in [0.717, 1.165) is 16.9 Å². The zero-order valence-electron chi connectivity index (χ0n) is 8.20. The van der Waals surface area contributed by atoms with E-state index in [2.05, 4.69) is 0 Å². The van der Waals surface area contributed by atoms with E-state index in [9.17, 15) is 0 Å². The van der Waals surface area contributed by atoms with Crippen molar-refractivity contribution in [3.8, 4) is 5.75 Å². The Balaban J connectivity index is 3.12. The first-order valence-electron chi connectivity index (χ1n) is 4.19. The van der Waals surface area contributed by atoms with Crippen LogP contribution in [0, 0.1) is 6.92 Å². The molecule has 0 spiro atoms. The third-order valence-corrected chi connectivity index (χ3v) is 2.09. The maximum Gasteiger partial charge on any atom is 0.127 e. The summed E-state index contributed by atoms with van der Waals surface area (Å²) in [6.45, 7) is 3.88. The predicted molar refractivity (Wildman–Crippen MR) is 51.4 cm³/mol. The standard InChI is InChI=1S/C10H15NO2/c1-7-5-4-6-9(8(2)13-11)10(7)12-3/h4-6,8H,11H2,1-3H3. The van der Waals surface area contributed by atoms with Gasteiger partial charge in [0.2, 0.25) is 0 Å². The Bertz CT molecular complexity index is 286. The Hall–Kier alpha value is -1.06. The van der Waals surface area contributed by atoms with Gasteiger partial charge in [-0.1, -0.05) is 18.2 Å². The highest BCUT2D eigenvalue weighted by Crippen LogP contribution is 2.29. The maximum absolute atomic E-state index is 5.26. The molecule has 1 rings (SSSR count). The van der Waals surface area contributed by atoms with E-state index in [1.165, 1.54) is 0 Å². The summed E-state index contributed by atoms with van der Waals surface area (Å²) in [7, 11) is 1.65. The Morgan fingerprint density at radius 3 is 2.62 bits per heavy atom. The third kappa shape index (κ3) is 1.99. The molecule has 2 N–H and O–H groups in total. The SMILES string of the molecule is COc1c(C)cccc1C(C)ON. The molecule has 0 radical (unpaired) electrons. The molecule has 0 amide bonds. The topological polar surface area (TPSA) is 44.5 Å². The van der Waals surface area contributed by atoms with Crippen molar-refractivity contribution in [2.45, 2.75) is 20.0 Å². The van der Waals surface area contributed by atoms with Crippen LogP contribution in [0.4, 0.5) is 0 Å². The van der Waals surface area contributed by atoms with E-state index in [1.807, 2.05) is 32.0 Å². The molecule has 3 heteroatoms. The Morgan fingerprint density at radius 1 is 1.38 bits per heavy atom. The number of aryl methyl sites for hydroxylation is 1. The summed E-state index contributed by atoms with van der Waals surface area (Å²) in [5.74, 6) is 5.97. The van der Waals surface area contributed by atoms with Gasteiger partial charge in [-0.25, -0.2) is 5.90 Å². The second-order valence-corrected chi connectivity index (χ2v) is 2.98. The molecule has 0 aromatic heterocycles. The largest absolute Gasteiger partial charge is 0.496 e. The van der Waals surface area contributed by atoms with E-state index < -0.39 is 0 Å². The number of hydrogen-bond acceptors (Lipinski definition) is 3. The second kappa shape index (κ2) is 4.25. The minimum absolute atomic E-state index is 0.144. The maximum atomic E-state index is 5.26. The molecule has 0 aliphatic carbocycles. The summed E-state index contributed by atoms with van der Waals surface area (Å²) in [6.07, 6.45) is -0.144. The monoisotopic (exact) mass is 181 g/mol. The van der Waals surface area contributed by atoms with Gasteiger partial charge in [0.1, 0.15) is 11.9 Å². The highest BCUT2D eigenvalue weighted by atomic mass is 16.6. The van der Waals surface area contributed by atoms with E-state index in [-0.39, 0.29) is 6.10 Å². The number of nitrogens with two attached hydrogens (primary N) is 1. The summed E-state index contributed by atoms with van der Waals surface area (Å²) < 4.78 is 5.26. The quantitative estimate of drug-likeness (QED) is 0.725. The minimum atomic E-state index is -0.144. The van der Waals surface area contributed by atoms with Gasteiger partial charge in [0, 0.05) is 5.56 Å². The van der Waals surface area contributed by atoms with Crippen molar-refractivity contribution in [2.24, 2.45) is 5.90 Å². The first kappa shape index (κ1) is 10.0. The van der Waals surface area contributed by atoms with E-state index in [1.54, 1.807) is 7.11 Å². The van der Waals surface area contributed by atoms with Gasteiger partial charge in [0.15, 0.2) is 0 Å². The molecule has 1 unspecified atom stereocenters. The van der Waals surface area contributed by atoms with Crippen LogP contribution in [0.25, 0.3) is 0 Å². The van der Waals surface area contributed by atoms with Crippen molar-refractivity contribution in [3.63, 3.8) is 0 Å². The molecule has 13 heavy (non-hydrogen) atoms. The van der Waals surface area contributed by atoms with Crippen molar-refractivity contribution in [3.05, 3.63) is 29.3 Å². The molecule has 3 nitrogen and oxygen atoms in total. The zero-order chi connectivity index (χ0) is 9.84. The van der Waals surface area contributed by atoms with Crippen LogP contribution < -0.4 is 10.6 Å². The van der Waals surface area contributed by atoms with Crippen molar-refractivity contribution in [1.82, 2.24) is 0 Å². The van der Waals surface area contributed by atoms with Crippen LogP contribution in [0.2, 0.25) is 0 Å². The molecular weight excluding hydrogens is 166 g/mol. The summed E-state index contributed by atoms with van der Waals surface area (Å²) >= 11 is 0. The molecule has 0 bridgehead atoms. The minimum Gasteiger partial charge on any atom is -0.496 e. The van der Waals surface area contributed by atoms with Crippen LogP contribution in [0.3, 0.4) is 0 Å². The molecule has 1 aromatic rings. The molecule has 72 valence electrons. The third-order valence-electron chi connectivity index (χ3n) is 2.09. The normalized spacial score (nSPS) is 12.6. The summed E-state index contributed by atoms with van der Waals surface area (Å²) in [5, 5.41) is 0. The Morgan fingerprint density at radius 2 is 2.08 bits per heavy atom. The van der Waals surface area contributed by atoms with Crippen molar-refractivity contribution < 1.29 is 9.57 Å². The highest BCUT2D eigenvalue weighted by Gasteiger charge is 2.12. The summed E-state index contributed by atoms with van der Waals surface area (Å²) in [4.78, 5) is 4.75. The summed E-state index contributed by atoms with van der Waals surface area (Å²) in [6, 6.07) is 5.90. The molecular formula is C10H15NO2. The molecule has 0 saturated heterocycles. The van der Waals surface area contributed by atoms with Crippen molar-refractivity contribution in [1.29, 1.82) is 0 Å². The van der Waals surface area contributed by atoms with Gasteiger partial charge in [0.05, 0.1) is 7.11 Å². The van der Waals surface area contributed by atoms with Gasteiger partial charge in [0.25, 0.3) is 0 Å². The fourth-order valence-electron chi connectivity index (χ4n) is 1.35. The molecule has 0 heterocycles. The zero-order valence-corrected chi connectivity index (χ0v) is 8.20. The van der Waals surface area contributed by atoms with Crippen molar-refractivity contribution in [2.75, 3.05) is 7.11 Å². The van der Waals surface area contributed by atoms with Gasteiger partial charge in [-0.3, -0.25) is 4.84 Å². The molecule has 0 saturated carbocycles. The van der Waals surface area contributed by atoms with E-state index in [4.69, 9.17) is 15.5 Å². The number of benzene rings is 1. The van der Waals surface area contributed by atoms with Crippen LogP contribution in [0.1, 0.15) is 24.2 Å². The van der Waals surface area contributed by atoms with E-state index in [0.29, 0.717) is 0 Å². The van der Waals surface area contributed by atoms with Crippen LogP contribution in [-0.2, 0) is 4.84 Å². The molecule has 1 aromatic carbocycles. The Kier molecular flexibility index (Phi) is 3.28. The summed E-state index contributed by atoms with van der Waals surface area (Å²) in [5.41, 5.74) is 2.06. The average Bonchev–Trinajstić information content (AvgIpc) is 2.16. The molecule has 0 aliphatic heterocycles. The molecule has 1 atom stereocenters. The first-order valence-corrected chi connectivity index (χ1v) is 4.19. The van der Waals surface area contributed by atoms with Gasteiger partial charge in [-0.2, -0.15) is 0 Å². The number of methoxy groups -OCH3 is 1. The number of para-hydroxylation sites is 1. The lowest BCUT2D eigenvalue weighted by Crippen LogP contribution is -2.07. The molecule has 0 fully saturated rings. The van der Waals surface area contributed by atoms with Crippen LogP contribution in [0.5, 0.6) is 5.75 Å². The Labute approximate surface area is 78.4 Å². The fourth-order valence-corrected chi connectivity index (χ4v) is 1.35. The number of ether oxygens (including phenoxy) is 1. The van der Waals surface area contributed by atoms with E-state index >= 15 is 0 Å². The van der Waals surface area contributed by atoms with Gasteiger partial charge >= 0.3 is 0 Å². The number of hydrogen-bond donors (Lipinski definition) is 1. The van der Waals surface area contributed by atoms with Gasteiger partial charge in [-0.15, -0.1) is 0 Å². The lowest BCUT2D eigenvalue weighted by Gasteiger charge is -2.15. The van der Waals surface area contributed by atoms with Crippen LogP contribution in [0.15, 0.2) is 18.2 Å². The van der Waals surface area contributed by atoms with Crippen LogP contribution >= 0.6 is 0 Å². The highest BCUT2D eigenvalue weighted by molar-refractivity contribution is 5.41. The van der Waals surface area contributed by atoms with Crippen molar-refractivity contribution >= 4 is 0 Å². The van der Waals surface area contributed by atoms with Gasteiger partial charge < -0.3 is 4.74 Å².